The van der Waals surface area contributed by atoms with Crippen molar-refractivity contribution in [2.24, 2.45) is 0 Å². The van der Waals surface area contributed by atoms with E-state index >= 15 is 0 Å². The summed E-state index contributed by atoms with van der Waals surface area (Å²) in [6.07, 6.45) is 0. The fraction of sp³-hybridized carbons (Fsp3) is 0.462. The summed E-state index contributed by atoms with van der Waals surface area (Å²) in [5, 5.41) is 15.6. The van der Waals surface area contributed by atoms with Crippen molar-refractivity contribution in [3.05, 3.63) is 23.8 Å². The fourth-order valence-corrected chi connectivity index (χ4v) is 1.55. The molecule has 0 aliphatic heterocycles. The van der Waals surface area contributed by atoms with Gasteiger partial charge in [-0.25, -0.2) is 0 Å². The second kappa shape index (κ2) is 6.86. The van der Waals surface area contributed by atoms with Crippen LogP contribution in [0.15, 0.2) is 18.2 Å². The van der Waals surface area contributed by atoms with E-state index in [4.69, 9.17) is 4.74 Å². The molecule has 18 heavy (non-hydrogen) atoms. The number of ether oxygens (including phenoxy) is 1. The molecule has 1 aromatic carbocycles. The summed E-state index contributed by atoms with van der Waals surface area (Å²) in [6.45, 7) is 4.53. The largest absolute Gasteiger partial charge is 0.504 e. The Bertz CT molecular complexity index is 407. The van der Waals surface area contributed by atoms with Gasteiger partial charge in [-0.1, -0.05) is 12.1 Å². The highest BCUT2D eigenvalue weighted by atomic mass is 16.5. The van der Waals surface area contributed by atoms with Crippen molar-refractivity contribution >= 4 is 5.91 Å². The molecule has 0 heterocycles. The smallest absolute Gasteiger partial charge is 0.236 e. The van der Waals surface area contributed by atoms with Crippen molar-refractivity contribution in [2.75, 3.05) is 13.7 Å². The van der Waals surface area contributed by atoms with Crippen molar-refractivity contribution in [1.29, 1.82) is 0 Å². The van der Waals surface area contributed by atoms with E-state index in [1.165, 1.54) is 0 Å². The van der Waals surface area contributed by atoms with Gasteiger partial charge in [0, 0.05) is 19.2 Å². The Labute approximate surface area is 107 Å². The first-order chi connectivity index (χ1) is 8.60. The van der Waals surface area contributed by atoms with Gasteiger partial charge in [-0.15, -0.1) is 0 Å². The van der Waals surface area contributed by atoms with Crippen LogP contribution in [0.3, 0.4) is 0 Å². The van der Waals surface area contributed by atoms with Gasteiger partial charge in [0.25, 0.3) is 0 Å². The Hall–Kier alpha value is -1.75. The lowest BCUT2D eigenvalue weighted by molar-refractivity contribution is -0.122. The summed E-state index contributed by atoms with van der Waals surface area (Å²) in [7, 11) is 1.59. The summed E-state index contributed by atoms with van der Waals surface area (Å²) in [4.78, 5) is 11.3. The first-order valence-corrected chi connectivity index (χ1v) is 5.98. The zero-order valence-corrected chi connectivity index (χ0v) is 11.0. The van der Waals surface area contributed by atoms with Gasteiger partial charge in [0.2, 0.25) is 5.91 Å². The van der Waals surface area contributed by atoms with Gasteiger partial charge in [-0.3, -0.25) is 4.79 Å². The first kappa shape index (κ1) is 14.3. The van der Waals surface area contributed by atoms with Crippen molar-refractivity contribution in [3.8, 4) is 11.5 Å². The minimum atomic E-state index is -0.315. The topological polar surface area (TPSA) is 70.6 Å². The quantitative estimate of drug-likeness (QED) is 0.707. The second-order valence-electron chi connectivity index (χ2n) is 3.91. The molecule has 100 valence electrons. The molecule has 1 aromatic rings. The molecule has 0 aliphatic rings. The molecular weight excluding hydrogens is 232 g/mol. The van der Waals surface area contributed by atoms with Gasteiger partial charge in [-0.2, -0.15) is 0 Å². The lowest BCUT2D eigenvalue weighted by Gasteiger charge is -2.14. The minimum absolute atomic E-state index is 0.0875. The van der Waals surface area contributed by atoms with E-state index < -0.39 is 0 Å². The molecule has 1 amide bonds. The van der Waals surface area contributed by atoms with Gasteiger partial charge in [0.15, 0.2) is 11.5 Å². The lowest BCUT2D eigenvalue weighted by atomic mass is 10.1. The van der Waals surface area contributed by atoms with Crippen LogP contribution in [0.5, 0.6) is 11.5 Å². The molecule has 3 N–H and O–H groups in total. The molecule has 0 bridgehead atoms. The monoisotopic (exact) mass is 252 g/mol. The third-order valence-electron chi connectivity index (χ3n) is 2.62. The number of rotatable bonds is 6. The fourth-order valence-electron chi connectivity index (χ4n) is 1.55. The van der Waals surface area contributed by atoms with E-state index in [-0.39, 0.29) is 17.7 Å². The van der Waals surface area contributed by atoms with Gasteiger partial charge in [0.05, 0.1) is 12.6 Å². The summed E-state index contributed by atoms with van der Waals surface area (Å²) in [5.41, 5.74) is 0.705. The maximum atomic E-state index is 11.3. The number of carbonyl (C=O) groups is 1. The van der Waals surface area contributed by atoms with E-state index in [0.717, 1.165) is 0 Å². The molecule has 0 aliphatic carbocycles. The van der Waals surface area contributed by atoms with Crippen LogP contribution in [0, 0.1) is 0 Å². The first-order valence-electron chi connectivity index (χ1n) is 5.98. The summed E-state index contributed by atoms with van der Waals surface area (Å²) in [5.74, 6) is 0.496. The third-order valence-corrected chi connectivity index (χ3v) is 2.62. The van der Waals surface area contributed by atoms with Gasteiger partial charge >= 0.3 is 0 Å². The van der Waals surface area contributed by atoms with Gasteiger partial charge in [-0.05, 0) is 19.9 Å². The van der Waals surface area contributed by atoms with E-state index in [0.29, 0.717) is 24.5 Å². The molecule has 0 saturated carbocycles. The Morgan fingerprint density at radius 1 is 1.50 bits per heavy atom. The number of likely N-dealkylation sites (N-methyl/N-ethyl adjacent to an activating group) is 1. The average Bonchev–Trinajstić information content (AvgIpc) is 2.38. The van der Waals surface area contributed by atoms with Crippen LogP contribution < -0.4 is 15.4 Å². The summed E-state index contributed by atoms with van der Waals surface area (Å²) < 4.78 is 5.30. The Kier molecular flexibility index (Phi) is 5.45. The number of benzene rings is 1. The molecule has 5 nitrogen and oxygen atoms in total. The van der Waals surface area contributed by atoms with E-state index in [9.17, 15) is 9.90 Å². The van der Waals surface area contributed by atoms with Crippen LogP contribution >= 0.6 is 0 Å². The van der Waals surface area contributed by atoms with Crippen LogP contribution in [0.25, 0.3) is 0 Å². The molecule has 0 radical (unpaired) electrons. The number of carbonyl (C=O) groups excluding carboxylic acids is 1. The van der Waals surface area contributed by atoms with Crippen LogP contribution in [0.4, 0.5) is 0 Å². The van der Waals surface area contributed by atoms with Crippen molar-refractivity contribution in [1.82, 2.24) is 10.6 Å². The number of para-hydroxylation sites is 1. The molecule has 1 rings (SSSR count). The molecule has 0 spiro atoms. The second-order valence-corrected chi connectivity index (χ2v) is 3.91. The number of nitrogens with one attached hydrogen (secondary N) is 2. The molecule has 5 heteroatoms. The predicted octanol–water partition coefficient (Wildman–Crippen LogP) is 1.01. The van der Waals surface area contributed by atoms with Crippen LogP contribution in [-0.4, -0.2) is 30.7 Å². The number of phenolic OH excluding ortho intramolecular Hbond substituents is 1. The van der Waals surface area contributed by atoms with Crippen LogP contribution in [-0.2, 0) is 11.3 Å². The normalized spacial score (nSPS) is 11.9. The van der Waals surface area contributed by atoms with Crippen molar-refractivity contribution in [2.45, 2.75) is 26.4 Å². The molecule has 1 atom stereocenters. The highest BCUT2D eigenvalue weighted by Gasteiger charge is 2.12. The lowest BCUT2D eigenvalue weighted by Crippen LogP contribution is -2.40. The Morgan fingerprint density at radius 3 is 2.83 bits per heavy atom. The van der Waals surface area contributed by atoms with Gasteiger partial charge in [0.1, 0.15) is 0 Å². The molecular formula is C13H20N2O3. The predicted molar refractivity (Wildman–Crippen MR) is 69.6 cm³/mol. The van der Waals surface area contributed by atoms with E-state index in [1.54, 1.807) is 26.1 Å². The summed E-state index contributed by atoms with van der Waals surface area (Å²) in [6, 6.07) is 5.00. The Morgan fingerprint density at radius 2 is 2.22 bits per heavy atom. The zero-order chi connectivity index (χ0) is 13.5. The van der Waals surface area contributed by atoms with Crippen LogP contribution in [0.2, 0.25) is 0 Å². The van der Waals surface area contributed by atoms with Crippen molar-refractivity contribution < 1.29 is 14.6 Å². The minimum Gasteiger partial charge on any atom is -0.504 e. The number of amides is 1. The molecule has 0 saturated heterocycles. The molecule has 1 unspecified atom stereocenters. The maximum absolute atomic E-state index is 11.3. The summed E-state index contributed by atoms with van der Waals surface area (Å²) >= 11 is 0. The highest BCUT2D eigenvalue weighted by molar-refractivity contribution is 5.80. The van der Waals surface area contributed by atoms with E-state index in [2.05, 4.69) is 10.6 Å². The Balaban J connectivity index is 2.67. The number of aromatic hydroxyl groups is 1. The highest BCUT2D eigenvalue weighted by Crippen LogP contribution is 2.29. The standard InChI is InChI=1S/C13H20N2O3/c1-4-18-11-7-5-6-10(12(11)16)8-15-9(2)13(17)14-3/h5-7,9,15-16H,4,8H2,1-3H3,(H,14,17). The SMILES string of the molecule is CCOc1cccc(CNC(C)C(=O)NC)c1O. The zero-order valence-electron chi connectivity index (χ0n) is 11.0. The number of phenols is 1. The molecule has 0 fully saturated rings. The van der Waals surface area contributed by atoms with Crippen LogP contribution in [0.1, 0.15) is 19.4 Å². The number of hydrogen-bond donors (Lipinski definition) is 3. The van der Waals surface area contributed by atoms with Crippen molar-refractivity contribution in [3.63, 3.8) is 0 Å². The average molecular weight is 252 g/mol. The van der Waals surface area contributed by atoms with Gasteiger partial charge < -0.3 is 20.5 Å². The molecule has 0 aromatic heterocycles. The maximum Gasteiger partial charge on any atom is 0.236 e. The number of hydrogen-bond acceptors (Lipinski definition) is 4. The third kappa shape index (κ3) is 3.63. The van der Waals surface area contributed by atoms with E-state index in [1.807, 2.05) is 13.0 Å².